The highest BCUT2D eigenvalue weighted by Gasteiger charge is 2.30. The van der Waals surface area contributed by atoms with Crippen LogP contribution >= 0.6 is 23.2 Å². The molecule has 0 aliphatic heterocycles. The molecule has 0 aromatic heterocycles. The number of carbonyl (C=O) groups is 2. The first-order valence-corrected chi connectivity index (χ1v) is 11.7. The number of carbonyl (C=O) groups excluding carboxylic acids is 2. The lowest BCUT2D eigenvalue weighted by molar-refractivity contribution is -0.143. The predicted octanol–water partition coefficient (Wildman–Crippen LogP) is 5.71. The Balaban J connectivity index is 2.32. The van der Waals surface area contributed by atoms with E-state index >= 15 is 0 Å². The number of aryl methyl sites for hydroxylation is 1. The molecule has 32 heavy (non-hydrogen) atoms. The quantitative estimate of drug-likeness (QED) is 0.475. The summed E-state index contributed by atoms with van der Waals surface area (Å²) in [5, 5.41) is 3.88. The molecule has 0 spiro atoms. The summed E-state index contributed by atoms with van der Waals surface area (Å²) >= 11 is 12.7. The number of nitrogens with one attached hydrogen (secondary N) is 1. The fraction of sp³-hybridized carbons (Fsp3) is 0.440. The molecule has 1 N–H and O–H groups in total. The van der Waals surface area contributed by atoms with E-state index in [0.717, 1.165) is 17.5 Å². The Morgan fingerprint density at radius 2 is 1.66 bits per heavy atom. The van der Waals surface area contributed by atoms with Gasteiger partial charge in [0.2, 0.25) is 5.91 Å². The van der Waals surface area contributed by atoms with Crippen molar-refractivity contribution in [1.29, 1.82) is 0 Å². The first-order chi connectivity index (χ1) is 15.2. The molecule has 2 rings (SSSR count). The molecular weight excluding hydrogens is 447 g/mol. The minimum absolute atomic E-state index is 0.00333. The molecule has 2 amide bonds. The van der Waals surface area contributed by atoms with E-state index in [1.54, 1.807) is 18.2 Å². The van der Waals surface area contributed by atoms with Gasteiger partial charge in [0.15, 0.2) is 6.61 Å². The number of hydrogen-bond acceptors (Lipinski definition) is 3. The number of nitrogens with zero attached hydrogens (tertiary/aromatic N) is 1. The van der Waals surface area contributed by atoms with Crippen molar-refractivity contribution in [3.8, 4) is 5.75 Å². The number of amides is 2. The molecule has 0 saturated carbocycles. The summed E-state index contributed by atoms with van der Waals surface area (Å²) in [4.78, 5) is 27.9. The van der Waals surface area contributed by atoms with Gasteiger partial charge in [0.05, 0.1) is 0 Å². The molecule has 0 saturated heterocycles. The van der Waals surface area contributed by atoms with Gasteiger partial charge in [-0.15, -0.1) is 0 Å². The standard InChI is InChI=1S/C25H32Cl2N2O3/c1-6-17(4)28-25(31)22(7-2)29(14-19-20(26)11-9-12-21(19)27)24(30)15-32-23-13-8-10-16(3)18(23)5/h8-13,17,22H,6-7,14-15H2,1-5H3,(H,28,31)/t17-,22-/m1/s1. The second-order valence-corrected chi connectivity index (χ2v) is 8.76. The summed E-state index contributed by atoms with van der Waals surface area (Å²) in [6.07, 6.45) is 1.24. The van der Waals surface area contributed by atoms with Crippen LogP contribution in [0, 0.1) is 13.8 Å². The van der Waals surface area contributed by atoms with Crippen molar-refractivity contribution in [2.45, 2.75) is 66.1 Å². The Kier molecular flexibility index (Phi) is 9.85. The summed E-state index contributed by atoms with van der Waals surface area (Å²) in [5.41, 5.74) is 2.65. The maximum absolute atomic E-state index is 13.3. The van der Waals surface area contributed by atoms with Crippen molar-refractivity contribution in [3.63, 3.8) is 0 Å². The van der Waals surface area contributed by atoms with E-state index in [2.05, 4.69) is 5.32 Å². The fourth-order valence-electron chi connectivity index (χ4n) is 3.32. The third-order valence-electron chi connectivity index (χ3n) is 5.68. The highest BCUT2D eigenvalue weighted by molar-refractivity contribution is 6.36. The van der Waals surface area contributed by atoms with Gasteiger partial charge < -0.3 is 15.0 Å². The Bertz CT molecular complexity index is 929. The Morgan fingerprint density at radius 3 is 2.25 bits per heavy atom. The minimum Gasteiger partial charge on any atom is -0.483 e. The summed E-state index contributed by atoms with van der Waals surface area (Å²) in [6.45, 7) is 9.66. The van der Waals surface area contributed by atoms with Crippen LogP contribution in [-0.2, 0) is 16.1 Å². The van der Waals surface area contributed by atoms with Gasteiger partial charge in [0.25, 0.3) is 5.91 Å². The number of halogens is 2. The lowest BCUT2D eigenvalue weighted by Gasteiger charge is -2.32. The summed E-state index contributed by atoms with van der Waals surface area (Å²) in [7, 11) is 0. The fourth-order valence-corrected chi connectivity index (χ4v) is 3.83. The van der Waals surface area contributed by atoms with Gasteiger partial charge in [-0.05, 0) is 62.9 Å². The third kappa shape index (κ3) is 6.63. The molecule has 0 fully saturated rings. The zero-order valence-corrected chi connectivity index (χ0v) is 20.9. The van der Waals surface area contributed by atoms with E-state index in [1.807, 2.05) is 52.8 Å². The van der Waals surface area contributed by atoms with Crippen LogP contribution in [0.4, 0.5) is 0 Å². The molecule has 0 unspecified atom stereocenters. The van der Waals surface area contributed by atoms with Crippen LogP contribution in [0.3, 0.4) is 0 Å². The van der Waals surface area contributed by atoms with E-state index in [1.165, 1.54) is 4.90 Å². The zero-order chi connectivity index (χ0) is 23.8. The Labute approximate surface area is 201 Å². The van der Waals surface area contributed by atoms with E-state index in [-0.39, 0.29) is 31.0 Å². The lowest BCUT2D eigenvalue weighted by atomic mass is 10.1. The summed E-state index contributed by atoms with van der Waals surface area (Å²) in [5.74, 6) is 0.129. The summed E-state index contributed by atoms with van der Waals surface area (Å²) in [6, 6.07) is 10.2. The summed E-state index contributed by atoms with van der Waals surface area (Å²) < 4.78 is 5.85. The van der Waals surface area contributed by atoms with Crippen molar-refractivity contribution < 1.29 is 14.3 Å². The zero-order valence-electron chi connectivity index (χ0n) is 19.4. The van der Waals surface area contributed by atoms with Crippen molar-refractivity contribution in [1.82, 2.24) is 10.2 Å². The molecule has 2 atom stereocenters. The maximum atomic E-state index is 13.3. The van der Waals surface area contributed by atoms with Gasteiger partial charge in [-0.3, -0.25) is 9.59 Å². The van der Waals surface area contributed by atoms with E-state index < -0.39 is 6.04 Å². The minimum atomic E-state index is -0.675. The van der Waals surface area contributed by atoms with Crippen molar-refractivity contribution >= 4 is 35.0 Å². The van der Waals surface area contributed by atoms with Crippen LogP contribution in [0.25, 0.3) is 0 Å². The SMILES string of the molecule is CC[C@@H](C)NC(=O)[C@@H](CC)N(Cc1c(Cl)cccc1Cl)C(=O)COc1cccc(C)c1C. The van der Waals surface area contributed by atoms with Gasteiger partial charge in [-0.25, -0.2) is 0 Å². The van der Waals surface area contributed by atoms with Crippen LogP contribution < -0.4 is 10.1 Å². The molecular formula is C25H32Cl2N2O3. The van der Waals surface area contributed by atoms with Gasteiger partial charge in [0, 0.05) is 28.2 Å². The molecule has 0 aliphatic rings. The monoisotopic (exact) mass is 478 g/mol. The van der Waals surface area contributed by atoms with E-state index in [4.69, 9.17) is 27.9 Å². The first-order valence-electron chi connectivity index (χ1n) is 10.9. The lowest BCUT2D eigenvalue weighted by Crippen LogP contribution is -2.51. The number of ether oxygens (including phenoxy) is 1. The van der Waals surface area contributed by atoms with Crippen LogP contribution in [0.2, 0.25) is 10.0 Å². The molecule has 2 aromatic carbocycles. The number of hydrogen-bond donors (Lipinski definition) is 1. The molecule has 2 aromatic rings. The van der Waals surface area contributed by atoms with E-state index in [9.17, 15) is 9.59 Å². The van der Waals surface area contributed by atoms with Crippen LogP contribution in [0.1, 0.15) is 50.3 Å². The molecule has 0 radical (unpaired) electrons. The predicted molar refractivity (Wildman–Crippen MR) is 130 cm³/mol. The van der Waals surface area contributed by atoms with Crippen molar-refractivity contribution in [3.05, 3.63) is 63.1 Å². The molecule has 7 heteroatoms. The van der Waals surface area contributed by atoms with E-state index in [0.29, 0.717) is 27.8 Å². The van der Waals surface area contributed by atoms with Crippen LogP contribution in [-0.4, -0.2) is 35.4 Å². The Hall–Kier alpha value is -2.24. The molecule has 0 bridgehead atoms. The van der Waals surface area contributed by atoms with Crippen LogP contribution in [0.5, 0.6) is 5.75 Å². The smallest absolute Gasteiger partial charge is 0.261 e. The molecule has 174 valence electrons. The van der Waals surface area contributed by atoms with Gasteiger partial charge in [-0.2, -0.15) is 0 Å². The number of rotatable bonds is 10. The van der Waals surface area contributed by atoms with Gasteiger partial charge in [0.1, 0.15) is 11.8 Å². The van der Waals surface area contributed by atoms with Crippen LogP contribution in [0.15, 0.2) is 36.4 Å². The highest BCUT2D eigenvalue weighted by Crippen LogP contribution is 2.27. The number of benzene rings is 2. The average Bonchev–Trinajstić information content (AvgIpc) is 2.76. The Morgan fingerprint density at radius 1 is 1.03 bits per heavy atom. The molecule has 0 aliphatic carbocycles. The maximum Gasteiger partial charge on any atom is 0.261 e. The third-order valence-corrected chi connectivity index (χ3v) is 6.39. The molecule has 0 heterocycles. The first kappa shape index (κ1) is 26.0. The largest absolute Gasteiger partial charge is 0.483 e. The second kappa shape index (κ2) is 12.1. The van der Waals surface area contributed by atoms with Gasteiger partial charge >= 0.3 is 0 Å². The van der Waals surface area contributed by atoms with Gasteiger partial charge in [-0.1, -0.05) is 55.2 Å². The molecule has 5 nitrogen and oxygen atoms in total. The van der Waals surface area contributed by atoms with Crippen molar-refractivity contribution in [2.75, 3.05) is 6.61 Å². The topological polar surface area (TPSA) is 58.6 Å². The normalized spacial score (nSPS) is 12.7. The second-order valence-electron chi connectivity index (χ2n) is 7.95. The van der Waals surface area contributed by atoms with Crippen molar-refractivity contribution in [2.24, 2.45) is 0 Å². The highest BCUT2D eigenvalue weighted by atomic mass is 35.5. The average molecular weight is 479 g/mol.